The lowest BCUT2D eigenvalue weighted by molar-refractivity contribution is 0.329. The number of nitriles is 1. The minimum atomic E-state index is -3.15. The number of hydrogen-bond acceptors (Lipinski definition) is 5. The molecule has 1 aliphatic heterocycles. The zero-order valence-corrected chi connectivity index (χ0v) is 18.3. The average Bonchev–Trinajstić information content (AvgIpc) is 3.66. The maximum absolute atomic E-state index is 14.6. The highest BCUT2D eigenvalue weighted by molar-refractivity contribution is 7.90. The summed E-state index contributed by atoms with van der Waals surface area (Å²) in [5.41, 5.74) is 2.27. The van der Waals surface area contributed by atoms with Crippen LogP contribution in [0, 0.1) is 17.1 Å². The molecule has 1 N–H and O–H groups in total. The number of anilines is 1. The smallest absolute Gasteiger partial charge is 0.216 e. The Labute approximate surface area is 186 Å². The van der Waals surface area contributed by atoms with Gasteiger partial charge in [0, 0.05) is 48.2 Å². The van der Waals surface area contributed by atoms with Crippen LogP contribution >= 0.6 is 0 Å². The van der Waals surface area contributed by atoms with Crippen molar-refractivity contribution in [2.75, 3.05) is 18.4 Å². The molecule has 5 rings (SSSR count). The maximum atomic E-state index is 14.6. The number of halogens is 1. The van der Waals surface area contributed by atoms with E-state index in [1.807, 2.05) is 18.2 Å². The van der Waals surface area contributed by atoms with Gasteiger partial charge in [0.15, 0.2) is 0 Å². The third kappa shape index (κ3) is 3.94. The van der Waals surface area contributed by atoms with E-state index in [-0.39, 0.29) is 17.1 Å². The lowest BCUT2D eigenvalue weighted by Gasteiger charge is -2.32. The van der Waals surface area contributed by atoms with Crippen LogP contribution in [0.15, 0.2) is 48.8 Å². The molecule has 1 aliphatic carbocycles. The molecule has 1 saturated heterocycles. The normalized spacial score (nSPS) is 17.9. The molecule has 164 valence electrons. The van der Waals surface area contributed by atoms with Crippen LogP contribution in [0.25, 0.3) is 21.9 Å². The molecule has 6 nitrogen and oxygen atoms in total. The summed E-state index contributed by atoms with van der Waals surface area (Å²) < 4.78 is 41.3. The average molecular weight is 451 g/mol. The van der Waals surface area contributed by atoms with Crippen LogP contribution in [-0.4, -0.2) is 42.1 Å². The third-order valence-corrected chi connectivity index (χ3v) is 8.68. The molecule has 1 saturated carbocycles. The van der Waals surface area contributed by atoms with Gasteiger partial charge >= 0.3 is 0 Å². The monoisotopic (exact) mass is 450 g/mol. The van der Waals surface area contributed by atoms with Crippen molar-refractivity contribution in [3.63, 3.8) is 0 Å². The van der Waals surface area contributed by atoms with E-state index in [0.29, 0.717) is 42.6 Å². The molecule has 3 aromatic rings. The Morgan fingerprint density at radius 3 is 2.59 bits per heavy atom. The first kappa shape index (κ1) is 20.9. The van der Waals surface area contributed by atoms with Crippen LogP contribution in [0.5, 0.6) is 0 Å². The summed E-state index contributed by atoms with van der Waals surface area (Å²) in [4.78, 5) is 4.24. The van der Waals surface area contributed by atoms with Crippen molar-refractivity contribution in [2.24, 2.45) is 0 Å². The predicted octanol–water partition coefficient (Wildman–Crippen LogP) is 4.28. The summed E-state index contributed by atoms with van der Waals surface area (Å²) in [6, 6.07) is 12.2. The van der Waals surface area contributed by atoms with E-state index >= 15 is 0 Å². The lowest BCUT2D eigenvalue weighted by atomic mass is 9.98. The Hall–Kier alpha value is -3.02. The number of hydrogen-bond donors (Lipinski definition) is 1. The number of nitrogens with zero attached hydrogens (tertiary/aromatic N) is 3. The third-order valence-electron chi connectivity index (χ3n) is 6.28. The van der Waals surface area contributed by atoms with Crippen LogP contribution < -0.4 is 5.32 Å². The molecule has 2 aliphatic rings. The van der Waals surface area contributed by atoms with Gasteiger partial charge in [-0.05, 0) is 73.0 Å². The quantitative estimate of drug-likeness (QED) is 0.627. The zero-order valence-electron chi connectivity index (χ0n) is 17.5. The fraction of sp³-hybridized carbons (Fsp3) is 0.333. The van der Waals surface area contributed by atoms with Gasteiger partial charge in [-0.3, -0.25) is 4.98 Å². The Morgan fingerprint density at radius 2 is 1.88 bits per heavy atom. The van der Waals surface area contributed by atoms with Gasteiger partial charge in [-0.15, -0.1) is 0 Å². The summed E-state index contributed by atoms with van der Waals surface area (Å²) in [6.45, 7) is 1.01. The fourth-order valence-electron chi connectivity index (χ4n) is 4.34. The van der Waals surface area contributed by atoms with Crippen molar-refractivity contribution in [3.8, 4) is 17.2 Å². The number of fused-ring (bicyclic) bond motifs is 1. The maximum Gasteiger partial charge on any atom is 0.216 e. The second-order valence-electron chi connectivity index (χ2n) is 8.49. The molecular weight excluding hydrogens is 427 g/mol. The summed E-state index contributed by atoms with van der Waals surface area (Å²) in [6.07, 6.45) is 6.42. The number of aromatic nitrogens is 1. The molecule has 32 heavy (non-hydrogen) atoms. The molecule has 0 bridgehead atoms. The molecule has 8 heteroatoms. The lowest BCUT2D eigenvalue weighted by Crippen LogP contribution is -2.43. The topological polar surface area (TPSA) is 86.1 Å². The molecular formula is C24H23FN4O2S. The number of nitrogens with one attached hydrogen (secondary N) is 1. The van der Waals surface area contributed by atoms with Crippen LogP contribution in [0.3, 0.4) is 0 Å². The second-order valence-corrected chi connectivity index (χ2v) is 10.7. The molecule has 0 radical (unpaired) electrons. The van der Waals surface area contributed by atoms with Crippen LogP contribution in [-0.2, 0) is 10.0 Å². The minimum absolute atomic E-state index is 0.106. The summed E-state index contributed by atoms with van der Waals surface area (Å²) in [5.74, 6) is -0.387. The molecule has 0 atom stereocenters. The second kappa shape index (κ2) is 8.15. The number of benzene rings is 2. The van der Waals surface area contributed by atoms with Gasteiger partial charge in [-0.2, -0.15) is 5.26 Å². The standard InChI is InChI=1S/C24H23FN4O2S/c25-23-4-1-16(14-26)11-21(23)18-12-17-5-8-27-15-22(17)24(13-18)28-19-6-9-29(10-7-19)32(30,31)20-2-3-20/h1,4-5,8,11-13,15,19-20,28H,2-3,6-7,9-10H2. The van der Waals surface area contributed by atoms with Gasteiger partial charge in [0.25, 0.3) is 0 Å². The highest BCUT2D eigenvalue weighted by Crippen LogP contribution is 2.35. The van der Waals surface area contributed by atoms with E-state index in [4.69, 9.17) is 0 Å². The van der Waals surface area contributed by atoms with Gasteiger partial charge in [0.05, 0.1) is 16.9 Å². The summed E-state index contributed by atoms with van der Waals surface area (Å²) in [5, 5.41) is 14.4. The number of rotatable bonds is 5. The van der Waals surface area contributed by atoms with Crippen LogP contribution in [0.2, 0.25) is 0 Å². The Morgan fingerprint density at radius 1 is 1.09 bits per heavy atom. The van der Waals surface area contributed by atoms with Crippen LogP contribution in [0.1, 0.15) is 31.2 Å². The number of piperidine rings is 1. The molecule has 2 fully saturated rings. The fourth-order valence-corrected chi connectivity index (χ4v) is 6.21. The summed E-state index contributed by atoms with van der Waals surface area (Å²) >= 11 is 0. The Balaban J connectivity index is 1.44. The summed E-state index contributed by atoms with van der Waals surface area (Å²) in [7, 11) is -3.15. The van der Waals surface area contributed by atoms with E-state index in [0.717, 1.165) is 29.3 Å². The largest absolute Gasteiger partial charge is 0.382 e. The Bertz CT molecular complexity index is 1320. The predicted molar refractivity (Wildman–Crippen MR) is 122 cm³/mol. The molecule has 0 amide bonds. The highest BCUT2D eigenvalue weighted by atomic mass is 32.2. The van der Waals surface area contributed by atoms with E-state index in [1.54, 1.807) is 22.8 Å². The molecule has 0 spiro atoms. The minimum Gasteiger partial charge on any atom is -0.382 e. The van der Waals surface area contributed by atoms with Gasteiger partial charge in [0.2, 0.25) is 10.0 Å². The first-order valence-electron chi connectivity index (χ1n) is 10.8. The van der Waals surface area contributed by atoms with Crippen LogP contribution in [0.4, 0.5) is 10.1 Å². The van der Waals surface area contributed by atoms with Crippen molar-refractivity contribution < 1.29 is 12.8 Å². The first-order valence-corrected chi connectivity index (χ1v) is 12.3. The Kier molecular flexibility index (Phi) is 5.31. The van der Waals surface area contributed by atoms with Crippen molar-refractivity contribution in [3.05, 3.63) is 60.2 Å². The van der Waals surface area contributed by atoms with Crippen molar-refractivity contribution in [1.29, 1.82) is 5.26 Å². The van der Waals surface area contributed by atoms with Gasteiger partial charge < -0.3 is 5.32 Å². The van der Waals surface area contributed by atoms with Crippen molar-refractivity contribution >= 4 is 26.5 Å². The van der Waals surface area contributed by atoms with Crippen molar-refractivity contribution in [2.45, 2.75) is 37.0 Å². The van der Waals surface area contributed by atoms with E-state index in [1.165, 1.54) is 12.1 Å². The van der Waals surface area contributed by atoms with Gasteiger partial charge in [0.1, 0.15) is 5.82 Å². The molecule has 2 heterocycles. The molecule has 2 aromatic carbocycles. The molecule has 1 aromatic heterocycles. The van der Waals surface area contributed by atoms with Crippen molar-refractivity contribution in [1.82, 2.24) is 9.29 Å². The van der Waals surface area contributed by atoms with Gasteiger partial charge in [-0.25, -0.2) is 17.1 Å². The van der Waals surface area contributed by atoms with E-state index in [9.17, 15) is 18.1 Å². The van der Waals surface area contributed by atoms with E-state index < -0.39 is 10.0 Å². The number of sulfonamides is 1. The highest BCUT2D eigenvalue weighted by Gasteiger charge is 2.41. The zero-order chi connectivity index (χ0) is 22.3. The van der Waals surface area contributed by atoms with Gasteiger partial charge in [-0.1, -0.05) is 0 Å². The number of pyridine rings is 1. The molecule has 0 unspecified atom stereocenters. The SMILES string of the molecule is N#Cc1ccc(F)c(-c2cc(NC3CCN(S(=O)(=O)C4CC4)CC3)c3cnccc3c2)c1. The first-order chi connectivity index (χ1) is 15.5. The van der Waals surface area contributed by atoms with E-state index in [2.05, 4.69) is 16.4 Å².